The lowest BCUT2D eigenvalue weighted by Gasteiger charge is -2.22. The van der Waals surface area contributed by atoms with Gasteiger partial charge in [-0.05, 0) is 34.6 Å². The van der Waals surface area contributed by atoms with Crippen molar-refractivity contribution < 1.29 is 4.74 Å². The zero-order valence-electron chi connectivity index (χ0n) is 13.6. The maximum absolute atomic E-state index is 6.07. The van der Waals surface area contributed by atoms with Crippen LogP contribution in [0.4, 0.5) is 0 Å². The van der Waals surface area contributed by atoms with Gasteiger partial charge in [-0.2, -0.15) is 0 Å². The van der Waals surface area contributed by atoms with Crippen molar-refractivity contribution in [3.63, 3.8) is 0 Å². The summed E-state index contributed by atoms with van der Waals surface area (Å²) in [6.07, 6.45) is 2.04. The molecule has 21 heavy (non-hydrogen) atoms. The molecule has 0 bridgehead atoms. The van der Waals surface area contributed by atoms with Crippen molar-refractivity contribution in [3.05, 3.63) is 65.2 Å². The molecule has 0 saturated carbocycles. The Kier molecular flexibility index (Phi) is 5.06. The van der Waals surface area contributed by atoms with E-state index in [4.69, 9.17) is 4.74 Å². The highest BCUT2D eigenvalue weighted by molar-refractivity contribution is 5.38. The van der Waals surface area contributed by atoms with Gasteiger partial charge in [0.2, 0.25) is 0 Å². The smallest absolute Gasteiger partial charge is 0.123 e. The molecule has 2 rings (SSSR count). The fourth-order valence-corrected chi connectivity index (χ4v) is 2.63. The lowest BCUT2D eigenvalue weighted by atomic mass is 9.86. The highest BCUT2D eigenvalue weighted by Gasteiger charge is 2.18. The molecule has 0 amide bonds. The number of hydrogen-bond acceptors (Lipinski definition) is 1. The predicted molar refractivity (Wildman–Crippen MR) is 90.2 cm³/mol. The van der Waals surface area contributed by atoms with Crippen molar-refractivity contribution in [2.24, 2.45) is 0 Å². The summed E-state index contributed by atoms with van der Waals surface area (Å²) in [5, 5.41) is 0. The summed E-state index contributed by atoms with van der Waals surface area (Å²) in [6, 6.07) is 17.0. The molecule has 1 nitrogen and oxygen atoms in total. The van der Waals surface area contributed by atoms with Gasteiger partial charge in [-0.15, -0.1) is 0 Å². The van der Waals surface area contributed by atoms with E-state index in [2.05, 4.69) is 70.2 Å². The first-order valence-electron chi connectivity index (χ1n) is 7.81. The van der Waals surface area contributed by atoms with E-state index in [-0.39, 0.29) is 5.41 Å². The Morgan fingerprint density at radius 3 is 2.14 bits per heavy atom. The molecule has 2 aromatic rings. The molecule has 0 spiro atoms. The maximum Gasteiger partial charge on any atom is 0.123 e. The van der Waals surface area contributed by atoms with Crippen LogP contribution in [0.15, 0.2) is 48.5 Å². The van der Waals surface area contributed by atoms with E-state index in [1.165, 1.54) is 16.7 Å². The molecule has 0 fully saturated rings. The minimum absolute atomic E-state index is 0.109. The molecule has 0 heterocycles. The lowest BCUT2D eigenvalue weighted by molar-refractivity contribution is 0.312. The van der Waals surface area contributed by atoms with Gasteiger partial charge in [0, 0.05) is 6.42 Å². The second-order valence-electron chi connectivity index (χ2n) is 6.47. The van der Waals surface area contributed by atoms with Gasteiger partial charge >= 0.3 is 0 Å². The number of para-hydroxylation sites is 1. The number of ether oxygens (including phenoxy) is 1. The van der Waals surface area contributed by atoms with Crippen LogP contribution in [-0.4, -0.2) is 6.61 Å². The molecule has 0 aromatic heterocycles. The number of aryl methyl sites for hydroxylation is 1. The van der Waals surface area contributed by atoms with Gasteiger partial charge < -0.3 is 4.74 Å². The third-order valence-corrected chi connectivity index (χ3v) is 3.82. The van der Waals surface area contributed by atoms with Gasteiger partial charge in [0.1, 0.15) is 5.75 Å². The number of benzene rings is 2. The Morgan fingerprint density at radius 1 is 0.857 bits per heavy atom. The van der Waals surface area contributed by atoms with Crippen molar-refractivity contribution in [3.8, 4) is 5.75 Å². The van der Waals surface area contributed by atoms with Crippen LogP contribution >= 0.6 is 0 Å². The molecule has 0 atom stereocenters. The van der Waals surface area contributed by atoms with Crippen LogP contribution in [0.2, 0.25) is 0 Å². The molecule has 112 valence electrons. The number of rotatable bonds is 5. The fraction of sp³-hybridized carbons (Fsp3) is 0.400. The molecule has 0 aliphatic rings. The summed E-state index contributed by atoms with van der Waals surface area (Å²) in [5.41, 5.74) is 4.20. The van der Waals surface area contributed by atoms with E-state index in [0.717, 1.165) is 25.2 Å². The largest absolute Gasteiger partial charge is 0.493 e. The number of hydrogen-bond donors (Lipinski definition) is 0. The zero-order valence-corrected chi connectivity index (χ0v) is 13.6. The van der Waals surface area contributed by atoms with Gasteiger partial charge in [0.15, 0.2) is 0 Å². The monoisotopic (exact) mass is 282 g/mol. The highest BCUT2D eigenvalue weighted by Crippen LogP contribution is 2.31. The van der Waals surface area contributed by atoms with Gasteiger partial charge in [-0.1, -0.05) is 70.2 Å². The lowest BCUT2D eigenvalue weighted by Crippen LogP contribution is -2.14. The highest BCUT2D eigenvalue weighted by atomic mass is 16.5. The molecular weight excluding hydrogens is 256 g/mol. The summed E-state index contributed by atoms with van der Waals surface area (Å²) < 4.78 is 6.07. The molecule has 2 aromatic carbocycles. The first kappa shape index (κ1) is 15.6. The maximum atomic E-state index is 6.07. The van der Waals surface area contributed by atoms with E-state index < -0.39 is 0 Å². The van der Waals surface area contributed by atoms with Crippen LogP contribution in [0.25, 0.3) is 0 Å². The van der Waals surface area contributed by atoms with Crippen LogP contribution in [0.3, 0.4) is 0 Å². The molecule has 0 aliphatic carbocycles. The van der Waals surface area contributed by atoms with Crippen molar-refractivity contribution >= 4 is 0 Å². The SMILES string of the molecule is CCc1ccccc1CCOc1ccccc1C(C)(C)C. The second-order valence-corrected chi connectivity index (χ2v) is 6.47. The first-order chi connectivity index (χ1) is 10.0. The van der Waals surface area contributed by atoms with Crippen molar-refractivity contribution in [1.29, 1.82) is 0 Å². The summed E-state index contributed by atoms with van der Waals surface area (Å²) in [7, 11) is 0. The second kappa shape index (κ2) is 6.80. The normalized spacial score (nSPS) is 11.4. The van der Waals surface area contributed by atoms with Gasteiger partial charge in [0.05, 0.1) is 6.61 Å². The minimum Gasteiger partial charge on any atom is -0.493 e. The minimum atomic E-state index is 0.109. The Labute approximate surface area is 129 Å². The van der Waals surface area contributed by atoms with Crippen molar-refractivity contribution in [2.75, 3.05) is 6.61 Å². The Hall–Kier alpha value is -1.76. The molecule has 0 aliphatic heterocycles. The van der Waals surface area contributed by atoms with E-state index in [1.54, 1.807) is 0 Å². The van der Waals surface area contributed by atoms with Crippen molar-refractivity contribution in [1.82, 2.24) is 0 Å². The Bertz CT molecular complexity index is 578. The van der Waals surface area contributed by atoms with Crippen LogP contribution in [-0.2, 0) is 18.3 Å². The average molecular weight is 282 g/mol. The predicted octanol–water partition coefficient (Wildman–Crippen LogP) is 5.17. The third kappa shape index (κ3) is 4.10. The third-order valence-electron chi connectivity index (χ3n) is 3.82. The van der Waals surface area contributed by atoms with E-state index in [1.807, 2.05) is 6.07 Å². The summed E-state index contributed by atoms with van der Waals surface area (Å²) in [5.74, 6) is 1.01. The molecule has 0 saturated heterocycles. The quantitative estimate of drug-likeness (QED) is 0.735. The molecule has 1 heteroatoms. The van der Waals surface area contributed by atoms with Crippen LogP contribution in [0, 0.1) is 0 Å². The fourth-order valence-electron chi connectivity index (χ4n) is 2.63. The summed E-state index contributed by atoms with van der Waals surface area (Å²) in [4.78, 5) is 0. The standard InChI is InChI=1S/C20H26O/c1-5-16-10-6-7-11-17(16)14-15-21-19-13-9-8-12-18(19)20(2,3)4/h6-13H,5,14-15H2,1-4H3. The van der Waals surface area contributed by atoms with Crippen LogP contribution in [0.5, 0.6) is 5.75 Å². The van der Waals surface area contributed by atoms with Crippen LogP contribution in [0.1, 0.15) is 44.4 Å². The summed E-state index contributed by atoms with van der Waals surface area (Å²) in [6.45, 7) is 9.60. The molecule has 0 radical (unpaired) electrons. The van der Waals surface area contributed by atoms with E-state index >= 15 is 0 Å². The van der Waals surface area contributed by atoms with E-state index in [9.17, 15) is 0 Å². The van der Waals surface area contributed by atoms with Crippen LogP contribution < -0.4 is 4.74 Å². The van der Waals surface area contributed by atoms with Gasteiger partial charge in [0.25, 0.3) is 0 Å². The Balaban J connectivity index is 2.04. The molecular formula is C20H26O. The van der Waals surface area contributed by atoms with Gasteiger partial charge in [-0.25, -0.2) is 0 Å². The first-order valence-corrected chi connectivity index (χ1v) is 7.81. The topological polar surface area (TPSA) is 9.23 Å². The van der Waals surface area contributed by atoms with Gasteiger partial charge in [-0.3, -0.25) is 0 Å². The molecule has 0 N–H and O–H groups in total. The Morgan fingerprint density at radius 2 is 1.48 bits per heavy atom. The average Bonchev–Trinajstić information content (AvgIpc) is 2.47. The van der Waals surface area contributed by atoms with Crippen molar-refractivity contribution in [2.45, 2.75) is 46.0 Å². The molecule has 0 unspecified atom stereocenters. The summed E-state index contributed by atoms with van der Waals surface area (Å²) >= 11 is 0. The zero-order chi connectivity index (χ0) is 15.3. The van der Waals surface area contributed by atoms with E-state index in [0.29, 0.717) is 0 Å².